The van der Waals surface area contributed by atoms with Crippen LogP contribution in [-0.2, 0) is 4.74 Å². The van der Waals surface area contributed by atoms with Crippen molar-refractivity contribution in [1.29, 1.82) is 0 Å². The molecule has 1 aliphatic rings. The normalized spacial score (nSPS) is 18.6. The molecule has 1 aliphatic heterocycles. The lowest BCUT2D eigenvalue weighted by Crippen LogP contribution is -2.31. The van der Waals surface area contributed by atoms with Crippen molar-refractivity contribution in [2.45, 2.75) is 25.8 Å². The van der Waals surface area contributed by atoms with E-state index in [0.717, 1.165) is 44.0 Å². The number of aromatic nitrogens is 1. The Bertz CT molecular complexity index is 375. The van der Waals surface area contributed by atoms with E-state index >= 15 is 0 Å². The Kier molecular flexibility index (Phi) is 4.55. The Morgan fingerprint density at radius 3 is 2.89 bits per heavy atom. The Morgan fingerprint density at radius 1 is 1.50 bits per heavy atom. The molecule has 1 aromatic rings. The molecule has 4 nitrogen and oxygen atoms in total. The van der Waals surface area contributed by atoms with Crippen molar-refractivity contribution >= 4 is 5.82 Å². The first-order chi connectivity index (χ1) is 8.68. The first-order valence-electron chi connectivity index (χ1n) is 6.68. The Hall–Kier alpha value is -1.13. The van der Waals surface area contributed by atoms with Gasteiger partial charge in [-0.2, -0.15) is 0 Å². The maximum Gasteiger partial charge on any atom is 0.133 e. The lowest BCUT2D eigenvalue weighted by Gasteiger charge is -2.29. The third-order valence-corrected chi connectivity index (χ3v) is 3.54. The van der Waals surface area contributed by atoms with Crippen molar-refractivity contribution in [3.8, 4) is 0 Å². The summed E-state index contributed by atoms with van der Waals surface area (Å²) in [5, 5.41) is 0. The van der Waals surface area contributed by atoms with Crippen LogP contribution in [0, 0.1) is 5.92 Å². The first-order valence-corrected chi connectivity index (χ1v) is 6.68. The van der Waals surface area contributed by atoms with Crippen LogP contribution >= 0.6 is 0 Å². The largest absolute Gasteiger partial charge is 0.381 e. The zero-order chi connectivity index (χ0) is 13.0. The van der Waals surface area contributed by atoms with Crippen LogP contribution in [0.2, 0.25) is 0 Å². The zero-order valence-electron chi connectivity index (χ0n) is 11.3. The highest BCUT2D eigenvalue weighted by atomic mass is 16.5. The summed E-state index contributed by atoms with van der Waals surface area (Å²) in [5.74, 6) is 1.71. The van der Waals surface area contributed by atoms with Crippen LogP contribution in [0.5, 0.6) is 0 Å². The number of nitrogens with two attached hydrogens (primary N) is 1. The Balaban J connectivity index is 2.05. The number of hydrogen-bond donors (Lipinski definition) is 1. The Labute approximate surface area is 109 Å². The van der Waals surface area contributed by atoms with Gasteiger partial charge in [0.25, 0.3) is 0 Å². The van der Waals surface area contributed by atoms with Crippen LogP contribution in [0.4, 0.5) is 5.82 Å². The molecule has 2 rings (SSSR count). The quantitative estimate of drug-likeness (QED) is 0.886. The summed E-state index contributed by atoms with van der Waals surface area (Å²) in [6.45, 7) is 4.81. The number of nitrogens with zero attached hydrogens (tertiary/aromatic N) is 2. The molecule has 0 saturated carbocycles. The fourth-order valence-corrected chi connectivity index (χ4v) is 2.49. The molecule has 1 atom stereocenters. The van der Waals surface area contributed by atoms with E-state index in [2.05, 4.69) is 23.0 Å². The number of ether oxygens (including phenoxy) is 1. The van der Waals surface area contributed by atoms with Gasteiger partial charge in [0.1, 0.15) is 5.82 Å². The minimum absolute atomic E-state index is 0.0193. The summed E-state index contributed by atoms with van der Waals surface area (Å²) in [5.41, 5.74) is 7.12. The molecule has 1 saturated heterocycles. The van der Waals surface area contributed by atoms with Gasteiger partial charge in [-0.15, -0.1) is 0 Å². The van der Waals surface area contributed by atoms with Gasteiger partial charge in [-0.1, -0.05) is 6.07 Å². The van der Waals surface area contributed by atoms with E-state index in [9.17, 15) is 0 Å². The summed E-state index contributed by atoms with van der Waals surface area (Å²) in [6.07, 6.45) is 4.12. The molecular weight excluding hydrogens is 226 g/mol. The number of pyridine rings is 1. The second-order valence-electron chi connectivity index (χ2n) is 5.14. The van der Waals surface area contributed by atoms with Gasteiger partial charge < -0.3 is 15.4 Å². The van der Waals surface area contributed by atoms with Gasteiger partial charge in [-0.05, 0) is 31.7 Å². The molecule has 0 aromatic carbocycles. The highest BCUT2D eigenvalue weighted by Crippen LogP contribution is 2.24. The molecule has 1 fully saturated rings. The average molecular weight is 249 g/mol. The predicted octanol–water partition coefficient (Wildman–Crippen LogP) is 1.96. The molecule has 4 heteroatoms. The van der Waals surface area contributed by atoms with Crippen LogP contribution < -0.4 is 10.6 Å². The van der Waals surface area contributed by atoms with Crippen LogP contribution in [-0.4, -0.2) is 31.8 Å². The third kappa shape index (κ3) is 3.21. The van der Waals surface area contributed by atoms with Gasteiger partial charge in [-0.25, -0.2) is 4.98 Å². The van der Waals surface area contributed by atoms with Gasteiger partial charge in [-0.3, -0.25) is 0 Å². The molecule has 0 radical (unpaired) electrons. The SMILES string of the molecule is CC(N)c1cccnc1N(C)CC1CCOCC1. The molecular formula is C14H23N3O. The van der Waals surface area contributed by atoms with Gasteiger partial charge in [0.05, 0.1) is 0 Å². The number of rotatable bonds is 4. The molecule has 1 unspecified atom stereocenters. The minimum Gasteiger partial charge on any atom is -0.381 e. The predicted molar refractivity (Wildman–Crippen MR) is 73.7 cm³/mol. The number of hydrogen-bond acceptors (Lipinski definition) is 4. The van der Waals surface area contributed by atoms with Crippen molar-refractivity contribution in [2.24, 2.45) is 11.7 Å². The van der Waals surface area contributed by atoms with E-state index in [1.165, 1.54) is 0 Å². The van der Waals surface area contributed by atoms with E-state index < -0.39 is 0 Å². The second-order valence-corrected chi connectivity index (χ2v) is 5.14. The lowest BCUT2D eigenvalue weighted by molar-refractivity contribution is 0.0685. The molecule has 100 valence electrons. The molecule has 2 N–H and O–H groups in total. The maximum absolute atomic E-state index is 6.00. The smallest absolute Gasteiger partial charge is 0.133 e. The lowest BCUT2D eigenvalue weighted by atomic mass is 9.99. The van der Waals surface area contributed by atoms with Crippen molar-refractivity contribution in [1.82, 2.24) is 4.98 Å². The topological polar surface area (TPSA) is 51.4 Å². The van der Waals surface area contributed by atoms with Crippen LogP contribution in [0.3, 0.4) is 0 Å². The Morgan fingerprint density at radius 2 is 2.22 bits per heavy atom. The summed E-state index contributed by atoms with van der Waals surface area (Å²) >= 11 is 0. The summed E-state index contributed by atoms with van der Waals surface area (Å²) < 4.78 is 5.39. The molecule has 0 aliphatic carbocycles. The molecule has 0 bridgehead atoms. The fourth-order valence-electron chi connectivity index (χ4n) is 2.49. The van der Waals surface area contributed by atoms with Gasteiger partial charge in [0, 0.05) is 44.6 Å². The maximum atomic E-state index is 6.00. The van der Waals surface area contributed by atoms with Crippen LogP contribution in [0.15, 0.2) is 18.3 Å². The van der Waals surface area contributed by atoms with E-state index in [1.807, 2.05) is 19.2 Å². The minimum atomic E-state index is 0.0193. The van der Waals surface area contributed by atoms with Gasteiger partial charge >= 0.3 is 0 Å². The average Bonchev–Trinajstić information content (AvgIpc) is 2.40. The van der Waals surface area contributed by atoms with E-state index in [0.29, 0.717) is 5.92 Å². The van der Waals surface area contributed by atoms with Crippen LogP contribution in [0.25, 0.3) is 0 Å². The van der Waals surface area contributed by atoms with E-state index in [1.54, 1.807) is 0 Å². The zero-order valence-corrected chi connectivity index (χ0v) is 11.3. The van der Waals surface area contributed by atoms with E-state index in [-0.39, 0.29) is 6.04 Å². The molecule has 18 heavy (non-hydrogen) atoms. The van der Waals surface area contributed by atoms with E-state index in [4.69, 9.17) is 10.5 Å². The van der Waals surface area contributed by atoms with Crippen LogP contribution in [0.1, 0.15) is 31.4 Å². The van der Waals surface area contributed by atoms with Crippen molar-refractivity contribution in [3.63, 3.8) is 0 Å². The number of anilines is 1. The highest BCUT2D eigenvalue weighted by molar-refractivity contribution is 5.47. The van der Waals surface area contributed by atoms with Crippen molar-refractivity contribution < 1.29 is 4.74 Å². The molecule has 2 heterocycles. The molecule has 0 amide bonds. The highest BCUT2D eigenvalue weighted by Gasteiger charge is 2.18. The van der Waals surface area contributed by atoms with Crippen molar-refractivity contribution in [3.05, 3.63) is 23.9 Å². The summed E-state index contributed by atoms with van der Waals surface area (Å²) in [7, 11) is 2.10. The monoisotopic (exact) mass is 249 g/mol. The van der Waals surface area contributed by atoms with Gasteiger partial charge in [0.2, 0.25) is 0 Å². The summed E-state index contributed by atoms with van der Waals surface area (Å²) in [6, 6.07) is 4.03. The molecule has 0 spiro atoms. The first kappa shape index (κ1) is 13.3. The molecule has 1 aromatic heterocycles. The standard InChI is InChI=1S/C14H23N3O/c1-11(15)13-4-3-7-16-14(13)17(2)10-12-5-8-18-9-6-12/h3-4,7,11-12H,5-6,8-10,15H2,1-2H3. The third-order valence-electron chi connectivity index (χ3n) is 3.54. The summed E-state index contributed by atoms with van der Waals surface area (Å²) in [4.78, 5) is 6.71. The van der Waals surface area contributed by atoms with Gasteiger partial charge in [0.15, 0.2) is 0 Å². The fraction of sp³-hybridized carbons (Fsp3) is 0.643. The van der Waals surface area contributed by atoms with Crippen molar-refractivity contribution in [2.75, 3.05) is 31.7 Å². The second kappa shape index (κ2) is 6.16.